The summed E-state index contributed by atoms with van der Waals surface area (Å²) in [4.78, 5) is 24.0. The van der Waals surface area contributed by atoms with Crippen LogP contribution in [0.1, 0.15) is 22.8 Å². The number of hydrogen-bond acceptors (Lipinski definition) is 4. The second-order valence-electron chi connectivity index (χ2n) is 5.26. The minimum absolute atomic E-state index is 0.247. The van der Waals surface area contributed by atoms with Crippen LogP contribution >= 0.6 is 0 Å². The van der Waals surface area contributed by atoms with E-state index < -0.39 is 35.3 Å². The lowest BCUT2D eigenvalue weighted by atomic mass is 10.1. The smallest absolute Gasteiger partial charge is 0.338 e. The quantitative estimate of drug-likeness (QED) is 0.813. The second kappa shape index (κ2) is 8.34. The van der Waals surface area contributed by atoms with E-state index in [4.69, 9.17) is 9.47 Å². The molecule has 0 heterocycles. The number of hydrogen-bond donors (Lipinski definition) is 1. The van der Waals surface area contributed by atoms with Gasteiger partial charge in [0, 0.05) is 7.11 Å². The average Bonchev–Trinajstić information content (AvgIpc) is 2.59. The minimum atomic E-state index is -1.23. The normalized spacial score (nSPS) is 11.7. The summed E-state index contributed by atoms with van der Waals surface area (Å²) in [6.07, 6.45) is -1.23. The lowest BCUT2D eigenvalue weighted by Crippen LogP contribution is -2.30. The lowest BCUT2D eigenvalue weighted by Gasteiger charge is -2.14. The zero-order chi connectivity index (χ0) is 18.4. The van der Waals surface area contributed by atoms with Crippen molar-refractivity contribution in [2.24, 2.45) is 0 Å². The highest BCUT2D eigenvalue weighted by molar-refractivity contribution is 5.97. The van der Waals surface area contributed by atoms with Crippen LogP contribution in [0.2, 0.25) is 0 Å². The van der Waals surface area contributed by atoms with Crippen molar-refractivity contribution in [3.8, 4) is 0 Å². The topological polar surface area (TPSA) is 64.6 Å². The number of amides is 1. The highest BCUT2D eigenvalue weighted by atomic mass is 19.1. The summed E-state index contributed by atoms with van der Waals surface area (Å²) in [7, 11) is 1.56. The summed E-state index contributed by atoms with van der Waals surface area (Å²) in [6, 6.07) is 9.67. The summed E-state index contributed by atoms with van der Waals surface area (Å²) in [5.74, 6) is -3.39. The van der Waals surface area contributed by atoms with Gasteiger partial charge in [0.1, 0.15) is 17.3 Å². The number of anilines is 1. The van der Waals surface area contributed by atoms with Crippen LogP contribution in [0.15, 0.2) is 42.5 Å². The third kappa shape index (κ3) is 4.84. The van der Waals surface area contributed by atoms with E-state index in [9.17, 15) is 18.4 Å². The van der Waals surface area contributed by atoms with Gasteiger partial charge in [-0.1, -0.05) is 18.2 Å². The van der Waals surface area contributed by atoms with Gasteiger partial charge in [-0.2, -0.15) is 0 Å². The molecule has 1 amide bonds. The van der Waals surface area contributed by atoms with Gasteiger partial charge in [0.15, 0.2) is 6.10 Å². The van der Waals surface area contributed by atoms with Gasteiger partial charge in [-0.15, -0.1) is 0 Å². The Morgan fingerprint density at radius 3 is 2.24 bits per heavy atom. The Morgan fingerprint density at radius 1 is 1.08 bits per heavy atom. The SMILES string of the molecule is COCc1ccc(C(=O)OC(C)C(=O)Nc2c(F)cccc2F)cc1. The maximum absolute atomic E-state index is 13.5. The van der Waals surface area contributed by atoms with Gasteiger partial charge in [0.05, 0.1) is 12.2 Å². The number of nitrogens with one attached hydrogen (secondary N) is 1. The van der Waals surface area contributed by atoms with Crippen molar-refractivity contribution in [3.63, 3.8) is 0 Å². The number of benzene rings is 2. The fraction of sp³-hybridized carbons (Fsp3) is 0.222. The van der Waals surface area contributed by atoms with Crippen molar-refractivity contribution in [2.45, 2.75) is 19.6 Å². The first kappa shape index (κ1) is 18.5. The van der Waals surface area contributed by atoms with E-state index in [2.05, 4.69) is 5.32 Å². The summed E-state index contributed by atoms with van der Waals surface area (Å²) in [6.45, 7) is 1.72. The van der Waals surface area contributed by atoms with E-state index in [1.807, 2.05) is 0 Å². The Hall–Kier alpha value is -2.80. The molecule has 0 saturated carbocycles. The fourth-order valence-corrected chi connectivity index (χ4v) is 2.03. The Balaban J connectivity index is 1.99. The van der Waals surface area contributed by atoms with Crippen LogP contribution in [0, 0.1) is 11.6 Å². The highest BCUT2D eigenvalue weighted by Gasteiger charge is 2.21. The Kier molecular flexibility index (Phi) is 6.19. The summed E-state index contributed by atoms with van der Waals surface area (Å²) < 4.78 is 37.1. The lowest BCUT2D eigenvalue weighted by molar-refractivity contribution is -0.123. The molecule has 0 saturated heterocycles. The molecule has 5 nitrogen and oxygen atoms in total. The molecule has 0 aromatic heterocycles. The number of halogens is 2. The van der Waals surface area contributed by atoms with Crippen LogP contribution in [0.5, 0.6) is 0 Å². The standard InChI is InChI=1S/C18H17F2NO4/c1-11(17(22)21-16-14(19)4-3-5-15(16)20)25-18(23)13-8-6-12(7-9-13)10-24-2/h3-9,11H,10H2,1-2H3,(H,21,22). The molecule has 0 aliphatic heterocycles. The molecule has 2 rings (SSSR count). The van der Waals surface area contributed by atoms with E-state index in [0.717, 1.165) is 17.7 Å². The molecule has 1 atom stereocenters. The maximum atomic E-state index is 13.5. The van der Waals surface area contributed by atoms with Crippen molar-refractivity contribution in [3.05, 3.63) is 65.2 Å². The monoisotopic (exact) mass is 349 g/mol. The molecule has 0 aliphatic carbocycles. The number of para-hydroxylation sites is 1. The number of ether oxygens (including phenoxy) is 2. The molecule has 132 valence electrons. The van der Waals surface area contributed by atoms with E-state index in [1.165, 1.54) is 25.1 Å². The van der Waals surface area contributed by atoms with Crippen molar-refractivity contribution in [1.82, 2.24) is 0 Å². The predicted molar refractivity (Wildman–Crippen MR) is 87.0 cm³/mol. The molecule has 0 fully saturated rings. The van der Waals surface area contributed by atoms with E-state index in [1.54, 1.807) is 19.2 Å². The maximum Gasteiger partial charge on any atom is 0.338 e. The molecule has 2 aromatic carbocycles. The molecule has 0 aliphatic rings. The first-order valence-electron chi connectivity index (χ1n) is 7.46. The molecular weight excluding hydrogens is 332 g/mol. The van der Waals surface area contributed by atoms with Crippen molar-refractivity contribution < 1.29 is 27.8 Å². The second-order valence-corrected chi connectivity index (χ2v) is 5.26. The first-order valence-corrected chi connectivity index (χ1v) is 7.46. The molecule has 1 unspecified atom stereocenters. The van der Waals surface area contributed by atoms with Crippen LogP contribution in [0.4, 0.5) is 14.5 Å². The third-order valence-corrected chi connectivity index (χ3v) is 3.36. The van der Waals surface area contributed by atoms with Gasteiger partial charge in [-0.25, -0.2) is 13.6 Å². The fourth-order valence-electron chi connectivity index (χ4n) is 2.03. The summed E-state index contributed by atoms with van der Waals surface area (Å²) >= 11 is 0. The van der Waals surface area contributed by atoms with Crippen LogP contribution in [0.3, 0.4) is 0 Å². The van der Waals surface area contributed by atoms with Gasteiger partial charge in [-0.3, -0.25) is 4.79 Å². The molecular formula is C18H17F2NO4. The highest BCUT2D eigenvalue weighted by Crippen LogP contribution is 2.18. The van der Waals surface area contributed by atoms with Gasteiger partial charge in [0.25, 0.3) is 5.91 Å². The number of carbonyl (C=O) groups excluding carboxylic acids is 2. The van der Waals surface area contributed by atoms with Crippen LogP contribution in [0.25, 0.3) is 0 Å². The molecule has 25 heavy (non-hydrogen) atoms. The zero-order valence-electron chi connectivity index (χ0n) is 13.7. The molecule has 0 spiro atoms. The van der Waals surface area contributed by atoms with E-state index in [0.29, 0.717) is 6.61 Å². The van der Waals surface area contributed by atoms with Gasteiger partial charge >= 0.3 is 5.97 Å². The molecule has 2 aromatic rings. The summed E-state index contributed by atoms with van der Waals surface area (Å²) in [5.41, 5.74) is 0.538. The van der Waals surface area contributed by atoms with Crippen molar-refractivity contribution >= 4 is 17.6 Å². The summed E-state index contributed by atoms with van der Waals surface area (Å²) in [5, 5.41) is 2.08. The molecule has 0 bridgehead atoms. The van der Waals surface area contributed by atoms with E-state index in [-0.39, 0.29) is 5.56 Å². The average molecular weight is 349 g/mol. The van der Waals surface area contributed by atoms with Crippen molar-refractivity contribution in [1.29, 1.82) is 0 Å². The Morgan fingerprint density at radius 2 is 1.68 bits per heavy atom. The number of rotatable bonds is 6. The Labute approximate surface area is 143 Å². The zero-order valence-corrected chi connectivity index (χ0v) is 13.7. The Bertz CT molecular complexity index is 742. The van der Waals surface area contributed by atoms with Crippen LogP contribution < -0.4 is 5.32 Å². The van der Waals surface area contributed by atoms with Gasteiger partial charge < -0.3 is 14.8 Å². The number of carbonyl (C=O) groups is 2. The van der Waals surface area contributed by atoms with Crippen molar-refractivity contribution in [2.75, 3.05) is 12.4 Å². The first-order chi connectivity index (χ1) is 11.9. The number of methoxy groups -OCH3 is 1. The molecule has 0 radical (unpaired) electrons. The van der Waals surface area contributed by atoms with Crippen LogP contribution in [-0.2, 0) is 20.9 Å². The molecule has 1 N–H and O–H groups in total. The molecule has 7 heteroatoms. The van der Waals surface area contributed by atoms with Gasteiger partial charge in [-0.05, 0) is 36.8 Å². The predicted octanol–water partition coefficient (Wildman–Crippen LogP) is 3.30. The largest absolute Gasteiger partial charge is 0.449 e. The van der Waals surface area contributed by atoms with Gasteiger partial charge in [0.2, 0.25) is 0 Å². The number of esters is 1. The minimum Gasteiger partial charge on any atom is -0.449 e. The van der Waals surface area contributed by atoms with E-state index >= 15 is 0 Å². The van der Waals surface area contributed by atoms with Crippen LogP contribution in [-0.4, -0.2) is 25.1 Å². The third-order valence-electron chi connectivity index (χ3n) is 3.36.